The van der Waals surface area contributed by atoms with Crippen molar-refractivity contribution in [1.82, 2.24) is 20.2 Å². The van der Waals surface area contributed by atoms with E-state index in [1.54, 1.807) is 29.1 Å². The van der Waals surface area contributed by atoms with Crippen molar-refractivity contribution < 1.29 is 4.79 Å². The molecular weight excluding hydrogens is 316 g/mol. The summed E-state index contributed by atoms with van der Waals surface area (Å²) in [6.07, 6.45) is 7.48. The molecule has 0 aliphatic heterocycles. The molecule has 3 rings (SSSR count). The molecule has 1 atom stereocenters. The topological polar surface area (TPSA) is 76.0 Å². The molecule has 0 bridgehead atoms. The third kappa shape index (κ3) is 4.15. The highest BCUT2D eigenvalue weighted by Gasteiger charge is 2.22. The van der Waals surface area contributed by atoms with Gasteiger partial charge in [-0.15, -0.1) is 6.58 Å². The summed E-state index contributed by atoms with van der Waals surface area (Å²) in [5.41, 5.74) is 3.13. The third-order valence-corrected chi connectivity index (χ3v) is 4.41. The highest BCUT2D eigenvalue weighted by Crippen LogP contribution is 2.20. The Hall–Kier alpha value is -2.89. The van der Waals surface area contributed by atoms with Gasteiger partial charge in [-0.25, -0.2) is 4.79 Å². The molecule has 6 nitrogen and oxygen atoms in total. The zero-order chi connectivity index (χ0) is 17.6. The molecule has 2 N–H and O–H groups in total. The van der Waals surface area contributed by atoms with Gasteiger partial charge in [0.2, 0.25) is 0 Å². The average Bonchev–Trinajstić information content (AvgIpc) is 2.63. The molecule has 0 unspecified atom stereocenters. The first-order chi connectivity index (χ1) is 12.2. The Balaban J connectivity index is 1.59. The van der Waals surface area contributed by atoms with Crippen LogP contribution in [0.1, 0.15) is 23.2 Å². The van der Waals surface area contributed by atoms with E-state index in [0.717, 1.165) is 36.1 Å². The Labute approximate surface area is 146 Å². The van der Waals surface area contributed by atoms with Gasteiger partial charge >= 0.3 is 6.03 Å². The lowest BCUT2D eigenvalue weighted by Gasteiger charge is -2.27. The lowest BCUT2D eigenvalue weighted by molar-refractivity contribution is 0.235. The number of carbonyl (C=O) groups excluding carboxylic acids is 1. The summed E-state index contributed by atoms with van der Waals surface area (Å²) in [6.45, 7) is 4.68. The van der Waals surface area contributed by atoms with Crippen LogP contribution in [0.4, 0.5) is 4.79 Å². The zero-order valence-electron chi connectivity index (χ0n) is 14.1. The molecule has 2 heterocycles. The van der Waals surface area contributed by atoms with E-state index in [4.69, 9.17) is 0 Å². The van der Waals surface area contributed by atoms with Gasteiger partial charge in [-0.3, -0.25) is 9.78 Å². The molecular formula is C19H22N4O2. The van der Waals surface area contributed by atoms with E-state index in [1.807, 2.05) is 18.2 Å². The molecule has 25 heavy (non-hydrogen) atoms. The van der Waals surface area contributed by atoms with E-state index in [2.05, 4.69) is 22.2 Å². The molecule has 0 radical (unpaired) electrons. The number of amides is 2. The predicted octanol–water partition coefficient (Wildman–Crippen LogP) is 1.79. The van der Waals surface area contributed by atoms with Crippen molar-refractivity contribution >= 4 is 6.03 Å². The van der Waals surface area contributed by atoms with Gasteiger partial charge in [0.05, 0.1) is 0 Å². The van der Waals surface area contributed by atoms with Crippen molar-refractivity contribution in [3.8, 4) is 0 Å². The monoisotopic (exact) mass is 338 g/mol. The van der Waals surface area contributed by atoms with E-state index < -0.39 is 0 Å². The van der Waals surface area contributed by atoms with E-state index >= 15 is 0 Å². The number of nitrogens with zero attached hydrogens (tertiary/aromatic N) is 2. The molecule has 130 valence electrons. The summed E-state index contributed by atoms with van der Waals surface area (Å²) < 4.78 is 1.76. The van der Waals surface area contributed by atoms with Crippen LogP contribution in [0.5, 0.6) is 0 Å². The summed E-state index contributed by atoms with van der Waals surface area (Å²) in [6, 6.07) is 7.11. The number of aromatic nitrogens is 2. The van der Waals surface area contributed by atoms with Crippen LogP contribution in [0, 0.1) is 0 Å². The molecule has 0 saturated carbocycles. The van der Waals surface area contributed by atoms with Crippen LogP contribution in [0.2, 0.25) is 0 Å². The van der Waals surface area contributed by atoms with Crippen LogP contribution >= 0.6 is 0 Å². The van der Waals surface area contributed by atoms with Gasteiger partial charge in [0.1, 0.15) is 0 Å². The number of hydrogen-bond acceptors (Lipinski definition) is 3. The Kier molecular flexibility index (Phi) is 5.28. The number of hydrogen-bond donors (Lipinski definition) is 2. The Morgan fingerprint density at radius 2 is 2.28 bits per heavy atom. The van der Waals surface area contributed by atoms with Crippen LogP contribution in [-0.2, 0) is 25.9 Å². The summed E-state index contributed by atoms with van der Waals surface area (Å²) in [7, 11) is 0. The molecule has 0 spiro atoms. The molecule has 6 heteroatoms. The molecule has 2 amide bonds. The molecule has 1 aliphatic rings. The Bertz CT molecular complexity index is 814. The van der Waals surface area contributed by atoms with Crippen LogP contribution in [-0.4, -0.2) is 21.6 Å². The number of urea groups is 1. The minimum atomic E-state index is -0.184. The highest BCUT2D eigenvalue weighted by molar-refractivity contribution is 5.74. The van der Waals surface area contributed by atoms with Gasteiger partial charge in [-0.2, -0.15) is 0 Å². The van der Waals surface area contributed by atoms with Crippen LogP contribution in [0.15, 0.2) is 54.1 Å². The van der Waals surface area contributed by atoms with Crippen molar-refractivity contribution in [2.75, 3.05) is 0 Å². The minimum absolute atomic E-state index is 0.000673. The number of rotatable bonds is 5. The fourth-order valence-electron chi connectivity index (χ4n) is 3.20. The maximum atomic E-state index is 12.1. The summed E-state index contributed by atoms with van der Waals surface area (Å²) >= 11 is 0. The molecule has 2 aromatic rings. The second-order valence-corrected chi connectivity index (χ2v) is 6.17. The molecule has 2 aromatic heterocycles. The smallest absolute Gasteiger partial charge is 0.315 e. The fourth-order valence-corrected chi connectivity index (χ4v) is 3.20. The first kappa shape index (κ1) is 17.0. The lowest BCUT2D eigenvalue weighted by Crippen LogP contribution is -2.45. The number of carbonyl (C=O) groups is 1. The van der Waals surface area contributed by atoms with E-state index in [1.165, 1.54) is 0 Å². The van der Waals surface area contributed by atoms with Gasteiger partial charge in [0.25, 0.3) is 5.56 Å². The minimum Gasteiger partial charge on any atom is -0.335 e. The molecule has 0 saturated heterocycles. The SMILES string of the molecule is C=CCn1c2c(ccc1=O)C[C@@H](NC(=O)NCc1cccnc1)CC2. The van der Waals surface area contributed by atoms with Crippen LogP contribution < -0.4 is 16.2 Å². The van der Waals surface area contributed by atoms with E-state index in [0.29, 0.717) is 13.1 Å². The Morgan fingerprint density at radius 3 is 3.04 bits per heavy atom. The summed E-state index contributed by atoms with van der Waals surface area (Å²) in [4.78, 5) is 28.1. The van der Waals surface area contributed by atoms with Crippen molar-refractivity contribution in [3.63, 3.8) is 0 Å². The van der Waals surface area contributed by atoms with Gasteiger partial charge < -0.3 is 15.2 Å². The normalized spacial score (nSPS) is 15.9. The second kappa shape index (κ2) is 7.79. The lowest BCUT2D eigenvalue weighted by atomic mass is 9.91. The Morgan fingerprint density at radius 1 is 1.40 bits per heavy atom. The first-order valence-electron chi connectivity index (χ1n) is 8.43. The fraction of sp³-hybridized carbons (Fsp3) is 0.316. The highest BCUT2D eigenvalue weighted by atomic mass is 16.2. The number of nitrogens with one attached hydrogen (secondary N) is 2. The molecule has 0 fully saturated rings. The summed E-state index contributed by atoms with van der Waals surface area (Å²) in [5.74, 6) is 0. The van der Waals surface area contributed by atoms with Crippen molar-refractivity contribution in [1.29, 1.82) is 0 Å². The van der Waals surface area contributed by atoms with E-state index in [-0.39, 0.29) is 17.6 Å². The van der Waals surface area contributed by atoms with Crippen molar-refractivity contribution in [2.45, 2.75) is 38.4 Å². The quantitative estimate of drug-likeness (QED) is 0.816. The maximum Gasteiger partial charge on any atom is 0.315 e. The maximum absolute atomic E-state index is 12.1. The molecule has 1 aliphatic carbocycles. The van der Waals surface area contributed by atoms with Gasteiger partial charge in [0.15, 0.2) is 0 Å². The predicted molar refractivity (Wildman–Crippen MR) is 96.3 cm³/mol. The first-order valence-corrected chi connectivity index (χ1v) is 8.43. The average molecular weight is 338 g/mol. The standard InChI is InChI=1S/C19H22N4O2/c1-2-10-23-17-7-6-16(11-15(17)5-8-18(23)24)22-19(25)21-13-14-4-3-9-20-12-14/h2-5,8-9,12,16H,1,6-7,10-11,13H2,(H2,21,22,25)/t16-/m0/s1. The largest absolute Gasteiger partial charge is 0.335 e. The third-order valence-electron chi connectivity index (χ3n) is 4.41. The van der Waals surface area contributed by atoms with E-state index in [9.17, 15) is 9.59 Å². The second-order valence-electron chi connectivity index (χ2n) is 6.17. The summed E-state index contributed by atoms with van der Waals surface area (Å²) in [5, 5.41) is 5.87. The van der Waals surface area contributed by atoms with Crippen LogP contribution in [0.25, 0.3) is 0 Å². The number of allylic oxidation sites excluding steroid dienone is 1. The molecule has 0 aromatic carbocycles. The van der Waals surface area contributed by atoms with Gasteiger partial charge in [-0.05, 0) is 36.5 Å². The van der Waals surface area contributed by atoms with Gasteiger partial charge in [-0.1, -0.05) is 18.2 Å². The van der Waals surface area contributed by atoms with Crippen molar-refractivity contribution in [3.05, 3.63) is 76.5 Å². The van der Waals surface area contributed by atoms with Crippen molar-refractivity contribution in [2.24, 2.45) is 0 Å². The number of pyridine rings is 2. The zero-order valence-corrected chi connectivity index (χ0v) is 14.1. The van der Waals surface area contributed by atoms with Crippen LogP contribution in [0.3, 0.4) is 0 Å². The number of fused-ring (bicyclic) bond motifs is 1. The van der Waals surface area contributed by atoms with Gasteiger partial charge in [0, 0.05) is 43.3 Å².